The monoisotopic (exact) mass is 282 g/mol. The highest BCUT2D eigenvalue weighted by molar-refractivity contribution is 6.62. The quantitative estimate of drug-likeness (QED) is 0.798. The summed E-state index contributed by atoms with van der Waals surface area (Å²) in [6.45, 7) is 10.6. The van der Waals surface area contributed by atoms with E-state index in [1.54, 1.807) is 0 Å². The molecule has 19 heavy (non-hydrogen) atoms. The summed E-state index contributed by atoms with van der Waals surface area (Å²) in [6.07, 6.45) is 0. The molecule has 2 rings (SSSR count). The first-order chi connectivity index (χ1) is 8.77. The van der Waals surface area contributed by atoms with E-state index in [-0.39, 0.29) is 18.3 Å². The van der Waals surface area contributed by atoms with Gasteiger partial charge in [-0.05, 0) is 52.2 Å². The van der Waals surface area contributed by atoms with Crippen LogP contribution < -0.4 is 10.2 Å². The molecule has 0 spiro atoms. The fourth-order valence-electron chi connectivity index (χ4n) is 1.91. The normalized spacial score (nSPS) is 20.6. The molecule has 104 valence electrons. The summed E-state index contributed by atoms with van der Waals surface area (Å²) in [4.78, 5) is 0. The lowest BCUT2D eigenvalue weighted by atomic mass is 9.79. The number of rotatable bonds is 3. The summed E-state index contributed by atoms with van der Waals surface area (Å²) in [5.74, 6) is 0.663. The maximum absolute atomic E-state index is 6.09. The number of hydrogen-bond donors (Lipinski definition) is 0. The van der Waals surface area contributed by atoms with Gasteiger partial charge in [0.1, 0.15) is 5.75 Å². The van der Waals surface area contributed by atoms with Gasteiger partial charge in [-0.3, -0.25) is 0 Å². The molecule has 1 fully saturated rings. The minimum atomic E-state index is -0.388. The molecule has 5 heteroatoms. The highest BCUT2D eigenvalue weighted by atomic mass is 35.5. The molecule has 0 aliphatic carbocycles. The topological polar surface area (TPSA) is 27.7 Å². The van der Waals surface area contributed by atoms with Crippen molar-refractivity contribution in [1.29, 1.82) is 0 Å². The molecule has 0 saturated carbocycles. The van der Waals surface area contributed by atoms with Crippen LogP contribution in [0.1, 0.15) is 34.6 Å². The Morgan fingerprint density at radius 3 is 2.26 bits per heavy atom. The van der Waals surface area contributed by atoms with Crippen LogP contribution in [0.2, 0.25) is 5.02 Å². The van der Waals surface area contributed by atoms with Crippen LogP contribution >= 0.6 is 11.6 Å². The second-order valence-corrected chi connectivity index (χ2v) is 6.12. The van der Waals surface area contributed by atoms with Gasteiger partial charge in [0.05, 0.1) is 22.8 Å². The molecule has 1 aromatic rings. The lowest BCUT2D eigenvalue weighted by Crippen LogP contribution is -2.41. The van der Waals surface area contributed by atoms with Gasteiger partial charge in [-0.25, -0.2) is 0 Å². The van der Waals surface area contributed by atoms with Gasteiger partial charge in [0.2, 0.25) is 0 Å². The SMILES string of the molecule is CCOc1cc(B2OC(C)(C)C(C)(C)O2)ccc1Cl. The first kappa shape index (κ1) is 14.7. The van der Waals surface area contributed by atoms with Crippen molar-refractivity contribution in [1.82, 2.24) is 0 Å². The molecule has 1 heterocycles. The Bertz CT molecular complexity index is 458. The van der Waals surface area contributed by atoms with Gasteiger partial charge >= 0.3 is 7.12 Å². The molecule has 0 aromatic heterocycles. The van der Waals surface area contributed by atoms with Crippen LogP contribution in [0.3, 0.4) is 0 Å². The summed E-state index contributed by atoms with van der Waals surface area (Å²) < 4.78 is 17.5. The molecule has 1 aromatic carbocycles. The van der Waals surface area contributed by atoms with Crippen molar-refractivity contribution in [2.75, 3.05) is 6.61 Å². The second kappa shape index (κ2) is 5.00. The van der Waals surface area contributed by atoms with E-state index < -0.39 is 0 Å². The maximum Gasteiger partial charge on any atom is 0.494 e. The maximum atomic E-state index is 6.09. The van der Waals surface area contributed by atoms with Crippen molar-refractivity contribution in [3.63, 3.8) is 0 Å². The molecule has 0 radical (unpaired) electrons. The zero-order chi connectivity index (χ0) is 14.3. The van der Waals surface area contributed by atoms with E-state index >= 15 is 0 Å². The minimum absolute atomic E-state index is 0.344. The Kier molecular flexibility index (Phi) is 3.87. The van der Waals surface area contributed by atoms with E-state index in [4.69, 9.17) is 25.6 Å². The van der Waals surface area contributed by atoms with E-state index in [0.29, 0.717) is 17.4 Å². The number of ether oxygens (including phenoxy) is 1. The molecule has 0 unspecified atom stereocenters. The van der Waals surface area contributed by atoms with Crippen molar-refractivity contribution < 1.29 is 14.0 Å². The van der Waals surface area contributed by atoms with Crippen LogP contribution in [0.5, 0.6) is 5.75 Å². The molecule has 3 nitrogen and oxygen atoms in total. The van der Waals surface area contributed by atoms with Gasteiger partial charge in [-0.2, -0.15) is 0 Å². The largest absolute Gasteiger partial charge is 0.494 e. The van der Waals surface area contributed by atoms with Crippen LogP contribution in [-0.2, 0) is 9.31 Å². The lowest BCUT2D eigenvalue weighted by Gasteiger charge is -2.32. The Balaban J connectivity index is 2.27. The Morgan fingerprint density at radius 1 is 1.16 bits per heavy atom. The smallest absolute Gasteiger partial charge is 0.492 e. The first-order valence-corrected chi connectivity index (χ1v) is 6.92. The van der Waals surface area contributed by atoms with E-state index in [2.05, 4.69) is 0 Å². The zero-order valence-corrected chi connectivity index (χ0v) is 12.9. The summed E-state index contributed by atoms with van der Waals surface area (Å²) in [5, 5.41) is 0.599. The van der Waals surface area contributed by atoms with Gasteiger partial charge in [-0.15, -0.1) is 0 Å². The molecule has 1 aliphatic rings. The second-order valence-electron chi connectivity index (χ2n) is 5.71. The number of hydrogen-bond acceptors (Lipinski definition) is 3. The summed E-state index contributed by atoms with van der Waals surface area (Å²) >= 11 is 6.09. The molecule has 1 saturated heterocycles. The van der Waals surface area contributed by atoms with Gasteiger partial charge in [-0.1, -0.05) is 17.7 Å². The average Bonchev–Trinajstić information content (AvgIpc) is 2.51. The van der Waals surface area contributed by atoms with Crippen LogP contribution in [0.25, 0.3) is 0 Å². The molecule has 0 atom stereocenters. The molecular formula is C14H20BClO3. The molecule has 0 bridgehead atoms. The van der Waals surface area contributed by atoms with Crippen molar-refractivity contribution in [3.8, 4) is 5.75 Å². The van der Waals surface area contributed by atoms with E-state index in [9.17, 15) is 0 Å². The fourth-order valence-corrected chi connectivity index (χ4v) is 2.08. The lowest BCUT2D eigenvalue weighted by molar-refractivity contribution is 0.00578. The van der Waals surface area contributed by atoms with E-state index in [0.717, 1.165) is 5.46 Å². The molecule has 0 amide bonds. The van der Waals surface area contributed by atoms with Crippen molar-refractivity contribution in [2.45, 2.75) is 45.8 Å². The van der Waals surface area contributed by atoms with Gasteiger partial charge in [0.15, 0.2) is 0 Å². The number of benzene rings is 1. The van der Waals surface area contributed by atoms with Gasteiger partial charge < -0.3 is 14.0 Å². The van der Waals surface area contributed by atoms with Crippen molar-refractivity contribution >= 4 is 24.2 Å². The van der Waals surface area contributed by atoms with Crippen LogP contribution in [0, 0.1) is 0 Å². The highest BCUT2D eigenvalue weighted by Crippen LogP contribution is 2.37. The summed E-state index contributed by atoms with van der Waals surface area (Å²) in [6, 6.07) is 5.61. The van der Waals surface area contributed by atoms with Crippen molar-refractivity contribution in [2.24, 2.45) is 0 Å². The molecule has 1 aliphatic heterocycles. The zero-order valence-electron chi connectivity index (χ0n) is 12.1. The third-order valence-corrected chi connectivity index (χ3v) is 4.09. The van der Waals surface area contributed by atoms with Crippen LogP contribution in [0.15, 0.2) is 18.2 Å². The highest BCUT2D eigenvalue weighted by Gasteiger charge is 2.51. The van der Waals surface area contributed by atoms with Gasteiger partial charge in [0.25, 0.3) is 0 Å². The first-order valence-electron chi connectivity index (χ1n) is 6.55. The summed E-state index contributed by atoms with van der Waals surface area (Å²) in [5.41, 5.74) is 0.234. The Morgan fingerprint density at radius 2 is 1.74 bits per heavy atom. The standard InChI is InChI=1S/C14H20BClO3/c1-6-17-12-9-10(7-8-11(12)16)15-18-13(2,3)14(4,5)19-15/h7-9H,6H2,1-5H3. The van der Waals surface area contributed by atoms with Crippen molar-refractivity contribution in [3.05, 3.63) is 23.2 Å². The van der Waals surface area contributed by atoms with Crippen LogP contribution in [-0.4, -0.2) is 24.9 Å². The predicted octanol–water partition coefficient (Wildman–Crippen LogP) is 3.04. The van der Waals surface area contributed by atoms with E-state index in [1.165, 1.54) is 0 Å². The molecular weight excluding hydrogens is 262 g/mol. The summed E-state index contributed by atoms with van der Waals surface area (Å²) in [7, 11) is -0.388. The minimum Gasteiger partial charge on any atom is -0.492 e. The predicted molar refractivity (Wildman–Crippen MR) is 78.3 cm³/mol. The van der Waals surface area contributed by atoms with Crippen LogP contribution in [0.4, 0.5) is 0 Å². The molecule has 0 N–H and O–H groups in total. The number of halogens is 1. The fraction of sp³-hybridized carbons (Fsp3) is 0.571. The third-order valence-electron chi connectivity index (χ3n) is 3.78. The van der Waals surface area contributed by atoms with E-state index in [1.807, 2.05) is 52.8 Å². The third kappa shape index (κ3) is 2.76. The Labute approximate surface area is 120 Å². The average molecular weight is 283 g/mol. The Hall–Kier alpha value is -0.705. The van der Waals surface area contributed by atoms with Gasteiger partial charge in [0, 0.05) is 0 Å².